The van der Waals surface area contributed by atoms with Crippen molar-refractivity contribution < 1.29 is 9.59 Å². The van der Waals surface area contributed by atoms with Crippen LogP contribution in [0.1, 0.15) is 103 Å². The number of nitrogens with zero attached hydrogens (tertiary/aromatic N) is 2. The molecule has 4 nitrogen and oxygen atoms in total. The highest BCUT2D eigenvalue weighted by Crippen LogP contribution is 2.62. The molecule has 9 fully saturated rings. The van der Waals surface area contributed by atoms with Gasteiger partial charge in [-0.05, 0) is 163 Å². The van der Waals surface area contributed by atoms with Crippen LogP contribution in [0.25, 0.3) is 0 Å². The second-order valence-corrected chi connectivity index (χ2v) is 16.9. The number of carbonyl (C=O) groups is 2. The predicted molar refractivity (Wildman–Crippen MR) is 175 cm³/mol. The highest BCUT2D eigenvalue weighted by atomic mass is 16.2. The molecule has 0 spiro atoms. The molecule has 2 unspecified atom stereocenters. The van der Waals surface area contributed by atoms with E-state index in [1.165, 1.54) is 38.5 Å². The summed E-state index contributed by atoms with van der Waals surface area (Å²) in [4.78, 5) is 34.7. The molecule has 11 rings (SSSR count). The van der Waals surface area contributed by atoms with Gasteiger partial charge in [-0.2, -0.15) is 0 Å². The lowest BCUT2D eigenvalue weighted by Gasteiger charge is -2.58. The quantitative estimate of drug-likeness (QED) is 0.337. The lowest BCUT2D eigenvalue weighted by atomic mass is 9.49. The number of hydrogen-bond acceptors (Lipinski definition) is 2. The molecule has 2 aromatic rings. The van der Waals surface area contributed by atoms with E-state index in [4.69, 9.17) is 0 Å². The van der Waals surface area contributed by atoms with Gasteiger partial charge in [0.25, 0.3) is 0 Å². The number of benzene rings is 2. The van der Waals surface area contributed by atoms with Gasteiger partial charge >= 0.3 is 0 Å². The van der Waals surface area contributed by atoms with Crippen molar-refractivity contribution in [3.63, 3.8) is 0 Å². The summed E-state index contributed by atoms with van der Waals surface area (Å²) in [7, 11) is 0. The third-order valence-corrected chi connectivity index (χ3v) is 13.8. The molecule has 4 heteroatoms. The van der Waals surface area contributed by atoms with Crippen molar-refractivity contribution >= 4 is 23.2 Å². The molecule has 9 aliphatic rings. The first-order valence-electron chi connectivity index (χ1n) is 18.2. The molecule has 0 radical (unpaired) electrons. The van der Waals surface area contributed by atoms with E-state index in [1.54, 1.807) is 0 Å². The van der Waals surface area contributed by atoms with Crippen LogP contribution in [0.3, 0.4) is 0 Å². The summed E-state index contributed by atoms with van der Waals surface area (Å²) in [5.74, 6) is 5.28. The van der Waals surface area contributed by atoms with Crippen LogP contribution in [-0.2, 0) is 9.59 Å². The molecule has 8 bridgehead atoms. The Kier molecular flexibility index (Phi) is 6.58. The molecule has 2 atom stereocenters. The average Bonchev–Trinajstić information content (AvgIpc) is 3.01. The van der Waals surface area contributed by atoms with Gasteiger partial charge in [-0.15, -0.1) is 0 Å². The maximum Gasteiger partial charge on any atom is 0.233 e. The normalized spacial score (nSPS) is 41.5. The van der Waals surface area contributed by atoms with Gasteiger partial charge in [0.1, 0.15) is 0 Å². The maximum absolute atomic E-state index is 15.1. The summed E-state index contributed by atoms with van der Waals surface area (Å²) in [6.45, 7) is 0. The number of para-hydroxylation sites is 2. The van der Waals surface area contributed by atoms with Crippen LogP contribution in [0.2, 0.25) is 0 Å². The SMILES string of the molecule is O=C(N(c1ccccc1)C1CCCC(N(C(=O)C23CC4CC(CC(C4)C2)C3)c2ccccc2)C1)C12CC3CC(CC(C3)C1)C2. The molecule has 2 amide bonds. The van der Waals surface area contributed by atoms with Crippen molar-refractivity contribution in [2.24, 2.45) is 46.3 Å². The zero-order valence-electron chi connectivity index (χ0n) is 26.4. The Morgan fingerprint density at radius 2 is 0.795 bits per heavy atom. The summed E-state index contributed by atoms with van der Waals surface area (Å²) >= 11 is 0. The number of rotatable bonds is 6. The van der Waals surface area contributed by atoms with Crippen molar-refractivity contribution in [2.45, 2.75) is 115 Å². The van der Waals surface area contributed by atoms with E-state index in [2.05, 4.69) is 70.5 Å². The number of carbonyl (C=O) groups excluding carboxylic acids is 2. The van der Waals surface area contributed by atoms with Crippen LogP contribution in [0.4, 0.5) is 11.4 Å². The Morgan fingerprint density at radius 3 is 1.11 bits per heavy atom. The third-order valence-electron chi connectivity index (χ3n) is 13.8. The van der Waals surface area contributed by atoms with E-state index in [9.17, 15) is 0 Å². The molecular formula is C40H50N2O2. The minimum Gasteiger partial charge on any atom is -0.309 e. The van der Waals surface area contributed by atoms with Gasteiger partial charge in [0.2, 0.25) is 11.8 Å². The van der Waals surface area contributed by atoms with Crippen LogP contribution >= 0.6 is 0 Å². The topological polar surface area (TPSA) is 40.6 Å². The summed E-state index contributed by atoms with van der Waals surface area (Å²) in [6.07, 6.45) is 18.7. The van der Waals surface area contributed by atoms with Crippen molar-refractivity contribution in [1.29, 1.82) is 0 Å². The molecule has 232 valence electrons. The monoisotopic (exact) mass is 590 g/mol. The molecule has 0 aliphatic heterocycles. The highest BCUT2D eigenvalue weighted by Gasteiger charge is 2.58. The fraction of sp³-hybridized carbons (Fsp3) is 0.650. The van der Waals surface area contributed by atoms with Crippen LogP contribution in [0.5, 0.6) is 0 Å². The number of anilines is 2. The Hall–Kier alpha value is -2.62. The van der Waals surface area contributed by atoms with Gasteiger partial charge < -0.3 is 9.80 Å². The summed E-state index contributed by atoms with van der Waals surface area (Å²) in [5, 5.41) is 0. The van der Waals surface area contributed by atoms with E-state index < -0.39 is 0 Å². The van der Waals surface area contributed by atoms with Gasteiger partial charge in [-0.3, -0.25) is 9.59 Å². The fourth-order valence-corrected chi connectivity index (χ4v) is 13.0. The summed E-state index contributed by atoms with van der Waals surface area (Å²) in [6, 6.07) is 21.5. The molecule has 2 aromatic carbocycles. The van der Waals surface area contributed by atoms with Crippen molar-refractivity contribution in [2.75, 3.05) is 9.80 Å². The largest absolute Gasteiger partial charge is 0.309 e. The highest BCUT2D eigenvalue weighted by molar-refractivity contribution is 6.00. The predicted octanol–water partition coefficient (Wildman–Crippen LogP) is 8.80. The molecule has 0 aromatic heterocycles. The van der Waals surface area contributed by atoms with Gasteiger partial charge in [-0.1, -0.05) is 36.4 Å². The Bertz CT molecular complexity index is 1220. The van der Waals surface area contributed by atoms with Crippen LogP contribution < -0.4 is 9.80 Å². The van der Waals surface area contributed by atoms with E-state index in [-0.39, 0.29) is 22.9 Å². The van der Waals surface area contributed by atoms with Crippen LogP contribution in [0.15, 0.2) is 60.7 Å². The Balaban J connectivity index is 1.05. The van der Waals surface area contributed by atoms with Gasteiger partial charge in [-0.25, -0.2) is 0 Å². The zero-order chi connectivity index (χ0) is 29.5. The minimum absolute atomic E-state index is 0.132. The van der Waals surface area contributed by atoms with E-state index >= 15 is 9.59 Å². The maximum atomic E-state index is 15.1. The second-order valence-electron chi connectivity index (χ2n) is 16.9. The molecular weight excluding hydrogens is 540 g/mol. The Labute approximate surface area is 264 Å². The minimum atomic E-state index is -0.175. The van der Waals surface area contributed by atoms with Crippen molar-refractivity contribution in [1.82, 2.24) is 0 Å². The standard InChI is InChI=1S/C40H50N2O2/c43-37(39-21-27-14-28(22-39)16-29(15-27)23-39)41(33-8-3-1-4-9-33)35-12-7-13-36(20-35)42(34-10-5-2-6-11-34)38(44)40-24-30-17-31(25-40)19-32(18-30)26-40/h1-6,8-11,27-32,35-36H,7,12-26H2. The lowest BCUT2D eigenvalue weighted by molar-refractivity contribution is -0.144. The molecule has 0 saturated heterocycles. The molecule has 9 saturated carbocycles. The Morgan fingerprint density at radius 1 is 0.477 bits per heavy atom. The lowest BCUT2D eigenvalue weighted by Crippen LogP contribution is -2.60. The van der Waals surface area contributed by atoms with Gasteiger partial charge in [0.15, 0.2) is 0 Å². The molecule has 0 N–H and O–H groups in total. The first-order chi connectivity index (χ1) is 21.5. The van der Waals surface area contributed by atoms with E-state index in [0.29, 0.717) is 11.8 Å². The number of hydrogen-bond donors (Lipinski definition) is 0. The zero-order valence-corrected chi connectivity index (χ0v) is 26.4. The average molecular weight is 591 g/mol. The van der Waals surface area contributed by atoms with E-state index in [1.807, 2.05) is 0 Å². The van der Waals surface area contributed by atoms with Crippen LogP contribution in [-0.4, -0.2) is 23.9 Å². The molecule has 9 aliphatic carbocycles. The van der Waals surface area contributed by atoms with E-state index in [0.717, 1.165) is 111 Å². The molecule has 44 heavy (non-hydrogen) atoms. The van der Waals surface area contributed by atoms with Crippen molar-refractivity contribution in [3.05, 3.63) is 60.7 Å². The first kappa shape index (κ1) is 27.7. The van der Waals surface area contributed by atoms with Gasteiger partial charge in [0.05, 0.1) is 10.8 Å². The van der Waals surface area contributed by atoms with Gasteiger partial charge in [0, 0.05) is 23.5 Å². The third kappa shape index (κ3) is 4.51. The smallest absolute Gasteiger partial charge is 0.233 e. The molecule has 0 heterocycles. The summed E-state index contributed by atoms with van der Waals surface area (Å²) < 4.78 is 0. The number of amides is 2. The first-order valence-corrected chi connectivity index (χ1v) is 18.2. The second kappa shape index (κ2) is 10.5. The van der Waals surface area contributed by atoms with Crippen LogP contribution in [0, 0.1) is 46.3 Å². The fourth-order valence-electron chi connectivity index (χ4n) is 13.0. The summed E-state index contributed by atoms with van der Waals surface area (Å²) in [5.41, 5.74) is 1.78. The van der Waals surface area contributed by atoms with Crippen molar-refractivity contribution in [3.8, 4) is 0 Å².